The van der Waals surface area contributed by atoms with Crippen LogP contribution in [0.3, 0.4) is 0 Å². The van der Waals surface area contributed by atoms with Gasteiger partial charge in [0.05, 0.1) is 11.2 Å². The lowest BCUT2D eigenvalue weighted by Crippen LogP contribution is -2.12. The number of anilines is 1. The molecular formula is C17H17ClN4O2S. The van der Waals surface area contributed by atoms with E-state index in [4.69, 9.17) is 16.0 Å². The Labute approximate surface area is 154 Å². The van der Waals surface area contributed by atoms with Crippen LogP contribution in [0.2, 0.25) is 5.02 Å². The number of hydrogen-bond donors (Lipinski definition) is 1. The summed E-state index contributed by atoms with van der Waals surface area (Å²) in [5.74, 6) is 0.944. The molecule has 25 heavy (non-hydrogen) atoms. The standard InChI is InChI=1S/C17H17ClN4O2S/c1-2-5-16-21-22-17(25-16)20-14(23)8-9-15-19-10-13(24-15)11-6-3-4-7-12(11)18/h3-4,6-7,10H,2,5,8-9H2,1H3,(H,20,22,23). The summed E-state index contributed by atoms with van der Waals surface area (Å²) in [5.41, 5.74) is 0.782. The van der Waals surface area contributed by atoms with Crippen LogP contribution < -0.4 is 5.32 Å². The summed E-state index contributed by atoms with van der Waals surface area (Å²) in [5, 5.41) is 12.8. The summed E-state index contributed by atoms with van der Waals surface area (Å²) < 4.78 is 5.69. The van der Waals surface area contributed by atoms with Crippen LogP contribution in [0, 0.1) is 0 Å². The third kappa shape index (κ3) is 4.64. The van der Waals surface area contributed by atoms with E-state index >= 15 is 0 Å². The molecule has 0 aliphatic carbocycles. The minimum Gasteiger partial charge on any atom is -0.441 e. The molecule has 0 fully saturated rings. The van der Waals surface area contributed by atoms with Crippen LogP contribution in [-0.4, -0.2) is 21.1 Å². The van der Waals surface area contributed by atoms with Crippen LogP contribution in [0.1, 0.15) is 30.7 Å². The first kappa shape index (κ1) is 17.6. The van der Waals surface area contributed by atoms with E-state index < -0.39 is 0 Å². The molecule has 0 aliphatic rings. The Morgan fingerprint density at radius 3 is 2.92 bits per heavy atom. The molecule has 1 N–H and O–H groups in total. The zero-order valence-corrected chi connectivity index (χ0v) is 15.2. The van der Waals surface area contributed by atoms with E-state index in [9.17, 15) is 4.79 Å². The molecular weight excluding hydrogens is 360 g/mol. The Balaban J connectivity index is 1.55. The van der Waals surface area contributed by atoms with Gasteiger partial charge in [0, 0.05) is 24.8 Å². The van der Waals surface area contributed by atoms with Gasteiger partial charge in [0.25, 0.3) is 0 Å². The van der Waals surface area contributed by atoms with Crippen molar-refractivity contribution in [2.75, 3.05) is 5.32 Å². The molecule has 2 heterocycles. The van der Waals surface area contributed by atoms with Crippen molar-refractivity contribution in [3.8, 4) is 11.3 Å². The molecule has 3 rings (SSSR count). The van der Waals surface area contributed by atoms with Gasteiger partial charge in [0.15, 0.2) is 11.7 Å². The normalized spacial score (nSPS) is 10.8. The van der Waals surface area contributed by atoms with E-state index in [1.807, 2.05) is 18.2 Å². The molecule has 2 aromatic heterocycles. The van der Waals surface area contributed by atoms with Crippen molar-refractivity contribution < 1.29 is 9.21 Å². The van der Waals surface area contributed by atoms with Gasteiger partial charge in [-0.05, 0) is 18.6 Å². The number of oxazole rings is 1. The van der Waals surface area contributed by atoms with Crippen molar-refractivity contribution in [2.24, 2.45) is 0 Å². The van der Waals surface area contributed by atoms with Crippen LogP contribution in [0.15, 0.2) is 34.9 Å². The number of carbonyl (C=O) groups excluding carboxylic acids is 1. The summed E-state index contributed by atoms with van der Waals surface area (Å²) in [4.78, 5) is 16.2. The van der Waals surface area contributed by atoms with Gasteiger partial charge in [-0.15, -0.1) is 10.2 Å². The maximum Gasteiger partial charge on any atom is 0.226 e. The van der Waals surface area contributed by atoms with Crippen LogP contribution in [0.25, 0.3) is 11.3 Å². The predicted molar refractivity (Wildman–Crippen MR) is 97.8 cm³/mol. The van der Waals surface area contributed by atoms with Gasteiger partial charge in [0.1, 0.15) is 5.01 Å². The molecule has 0 radical (unpaired) electrons. The Kier molecular flexibility index (Phi) is 5.78. The van der Waals surface area contributed by atoms with Crippen LogP contribution in [0.4, 0.5) is 5.13 Å². The minimum absolute atomic E-state index is 0.142. The molecule has 0 saturated heterocycles. The van der Waals surface area contributed by atoms with Crippen molar-refractivity contribution in [3.63, 3.8) is 0 Å². The number of benzene rings is 1. The summed E-state index contributed by atoms with van der Waals surface area (Å²) in [6.07, 6.45) is 4.15. The van der Waals surface area contributed by atoms with Crippen LogP contribution in [0.5, 0.6) is 0 Å². The molecule has 6 nitrogen and oxygen atoms in total. The fourth-order valence-corrected chi connectivity index (χ4v) is 3.32. The maximum atomic E-state index is 12.0. The van der Waals surface area contributed by atoms with Crippen LogP contribution in [-0.2, 0) is 17.6 Å². The first-order valence-corrected chi connectivity index (χ1v) is 9.17. The lowest BCUT2D eigenvalue weighted by atomic mass is 10.2. The molecule has 0 saturated carbocycles. The highest BCUT2D eigenvalue weighted by Crippen LogP contribution is 2.28. The van der Waals surface area contributed by atoms with Gasteiger partial charge >= 0.3 is 0 Å². The van der Waals surface area contributed by atoms with Gasteiger partial charge in [-0.2, -0.15) is 0 Å². The van der Waals surface area contributed by atoms with E-state index in [0.717, 1.165) is 23.4 Å². The van der Waals surface area contributed by atoms with Gasteiger partial charge < -0.3 is 9.73 Å². The second kappa shape index (κ2) is 8.22. The molecule has 3 aromatic rings. The molecule has 0 unspecified atom stereocenters. The predicted octanol–water partition coefficient (Wildman–Crippen LogP) is 4.37. The van der Waals surface area contributed by atoms with Crippen molar-refractivity contribution in [1.29, 1.82) is 0 Å². The number of nitrogens with one attached hydrogen (secondary N) is 1. The summed E-state index contributed by atoms with van der Waals surface area (Å²) in [7, 11) is 0. The molecule has 0 bridgehead atoms. The number of rotatable bonds is 7. The molecule has 130 valence electrons. The second-order valence-corrected chi connectivity index (χ2v) is 6.87. The lowest BCUT2D eigenvalue weighted by molar-refractivity contribution is -0.116. The third-order valence-electron chi connectivity index (χ3n) is 3.44. The third-order valence-corrected chi connectivity index (χ3v) is 4.66. The lowest BCUT2D eigenvalue weighted by Gasteiger charge is -2.00. The van der Waals surface area contributed by atoms with Gasteiger partial charge in [-0.3, -0.25) is 4.79 Å². The number of hydrogen-bond acceptors (Lipinski definition) is 6. The smallest absolute Gasteiger partial charge is 0.226 e. The highest BCUT2D eigenvalue weighted by molar-refractivity contribution is 7.15. The van der Waals surface area contributed by atoms with Crippen molar-refractivity contribution in [2.45, 2.75) is 32.6 Å². The molecule has 1 aromatic carbocycles. The number of amides is 1. The van der Waals surface area contributed by atoms with E-state index in [-0.39, 0.29) is 12.3 Å². The molecule has 0 aliphatic heterocycles. The topological polar surface area (TPSA) is 80.9 Å². The monoisotopic (exact) mass is 376 g/mol. The van der Waals surface area contributed by atoms with Gasteiger partial charge in [-0.1, -0.05) is 42.0 Å². The Bertz CT molecular complexity index is 862. The summed E-state index contributed by atoms with van der Waals surface area (Å²) in [6.45, 7) is 2.08. The molecule has 0 spiro atoms. The number of aryl methyl sites for hydroxylation is 2. The van der Waals surface area contributed by atoms with Crippen molar-refractivity contribution in [1.82, 2.24) is 15.2 Å². The van der Waals surface area contributed by atoms with E-state index in [1.54, 1.807) is 12.3 Å². The number of halogens is 1. The van der Waals surface area contributed by atoms with Gasteiger partial charge in [0.2, 0.25) is 11.0 Å². The summed E-state index contributed by atoms with van der Waals surface area (Å²) in [6, 6.07) is 7.39. The number of aromatic nitrogens is 3. The maximum absolute atomic E-state index is 12.0. The highest BCUT2D eigenvalue weighted by Gasteiger charge is 2.12. The highest BCUT2D eigenvalue weighted by atomic mass is 35.5. The van der Waals surface area contributed by atoms with Gasteiger partial charge in [-0.25, -0.2) is 4.98 Å². The fourth-order valence-electron chi connectivity index (χ4n) is 2.23. The second-order valence-electron chi connectivity index (χ2n) is 5.40. The molecule has 1 amide bonds. The fraction of sp³-hybridized carbons (Fsp3) is 0.294. The minimum atomic E-state index is -0.142. The molecule has 8 heteroatoms. The largest absolute Gasteiger partial charge is 0.441 e. The SMILES string of the molecule is CCCc1nnc(NC(=O)CCc2ncc(-c3ccccc3Cl)o2)s1. The Hall–Kier alpha value is -2.25. The van der Waals surface area contributed by atoms with Crippen molar-refractivity contribution >= 4 is 34.0 Å². The molecule has 0 atom stereocenters. The number of nitrogens with zero attached hydrogens (tertiary/aromatic N) is 3. The first-order valence-electron chi connectivity index (χ1n) is 7.97. The quantitative estimate of drug-likeness (QED) is 0.662. The van der Waals surface area contributed by atoms with E-state index in [2.05, 4.69) is 27.4 Å². The van der Waals surface area contributed by atoms with Crippen molar-refractivity contribution in [3.05, 3.63) is 46.4 Å². The first-order chi connectivity index (χ1) is 12.2. The average Bonchev–Trinajstić information content (AvgIpc) is 3.23. The average molecular weight is 377 g/mol. The van der Waals surface area contributed by atoms with E-state index in [1.165, 1.54) is 11.3 Å². The Morgan fingerprint density at radius 2 is 2.12 bits per heavy atom. The zero-order valence-electron chi connectivity index (χ0n) is 13.7. The summed E-state index contributed by atoms with van der Waals surface area (Å²) >= 11 is 7.55. The zero-order chi connectivity index (χ0) is 17.6. The number of carbonyl (C=O) groups is 1. The van der Waals surface area contributed by atoms with E-state index in [0.29, 0.717) is 28.2 Å². The Morgan fingerprint density at radius 1 is 1.28 bits per heavy atom. The van der Waals surface area contributed by atoms with Crippen LogP contribution >= 0.6 is 22.9 Å².